The summed E-state index contributed by atoms with van der Waals surface area (Å²) >= 11 is 5.58. The van der Waals surface area contributed by atoms with Gasteiger partial charge in [0.25, 0.3) is 5.91 Å². The van der Waals surface area contributed by atoms with Gasteiger partial charge in [-0.2, -0.15) is 0 Å². The molecule has 3 N–H and O–H groups in total. The summed E-state index contributed by atoms with van der Waals surface area (Å²) in [7, 11) is 0. The molecular formula is C14H9ClFNO4. The number of carboxylic acid groups (broad SMARTS) is 1. The number of halogens is 2. The Morgan fingerprint density at radius 3 is 2.38 bits per heavy atom. The van der Waals surface area contributed by atoms with Crippen molar-refractivity contribution < 1.29 is 24.2 Å². The van der Waals surface area contributed by atoms with E-state index in [1.165, 1.54) is 12.1 Å². The number of amides is 1. The van der Waals surface area contributed by atoms with Crippen LogP contribution in [0.3, 0.4) is 0 Å². The molecule has 2 aromatic rings. The monoisotopic (exact) mass is 309 g/mol. The summed E-state index contributed by atoms with van der Waals surface area (Å²) in [6.07, 6.45) is 0. The summed E-state index contributed by atoms with van der Waals surface area (Å²) in [5, 5.41) is 20.6. The van der Waals surface area contributed by atoms with Gasteiger partial charge in [-0.15, -0.1) is 0 Å². The number of benzene rings is 2. The van der Waals surface area contributed by atoms with Gasteiger partial charge in [0.1, 0.15) is 11.6 Å². The largest absolute Gasteiger partial charge is 0.506 e. The van der Waals surface area contributed by atoms with E-state index in [4.69, 9.17) is 16.7 Å². The zero-order chi connectivity index (χ0) is 15.6. The van der Waals surface area contributed by atoms with Crippen LogP contribution in [0.5, 0.6) is 5.75 Å². The molecule has 21 heavy (non-hydrogen) atoms. The summed E-state index contributed by atoms with van der Waals surface area (Å²) in [4.78, 5) is 22.8. The quantitative estimate of drug-likeness (QED) is 0.760. The molecule has 5 nitrogen and oxygen atoms in total. The van der Waals surface area contributed by atoms with E-state index in [0.717, 1.165) is 24.3 Å². The van der Waals surface area contributed by atoms with E-state index in [1.54, 1.807) is 0 Å². The smallest absolute Gasteiger partial charge is 0.335 e. The molecule has 0 radical (unpaired) electrons. The Morgan fingerprint density at radius 1 is 1.10 bits per heavy atom. The first-order valence-corrected chi connectivity index (χ1v) is 6.09. The lowest BCUT2D eigenvalue weighted by Gasteiger charge is -2.08. The van der Waals surface area contributed by atoms with Gasteiger partial charge in [-0.25, -0.2) is 9.18 Å². The molecule has 0 bridgehead atoms. The molecule has 2 rings (SSSR count). The maximum absolute atomic E-state index is 13.0. The SMILES string of the molecule is O=C(O)c1ccc(O)c(NC(=O)c2ccc(F)c(Cl)c2)c1. The molecule has 0 fully saturated rings. The fraction of sp³-hybridized carbons (Fsp3) is 0. The average Bonchev–Trinajstić information content (AvgIpc) is 2.43. The number of carbonyl (C=O) groups is 2. The van der Waals surface area contributed by atoms with Crippen LogP contribution in [0.4, 0.5) is 10.1 Å². The number of aromatic hydroxyl groups is 1. The van der Waals surface area contributed by atoms with Crippen LogP contribution < -0.4 is 5.32 Å². The highest BCUT2D eigenvalue weighted by Crippen LogP contribution is 2.25. The molecule has 0 aliphatic rings. The minimum absolute atomic E-state index is 0.0691. The lowest BCUT2D eigenvalue weighted by molar-refractivity contribution is 0.0696. The van der Waals surface area contributed by atoms with Gasteiger partial charge in [-0.05, 0) is 36.4 Å². The standard InChI is InChI=1S/C14H9ClFNO4/c15-9-5-7(1-3-10(9)16)13(19)17-11-6-8(14(20)21)2-4-12(11)18/h1-6,18H,(H,17,19)(H,20,21). The molecule has 0 heterocycles. The van der Waals surface area contributed by atoms with E-state index in [0.29, 0.717) is 0 Å². The second kappa shape index (κ2) is 5.80. The molecule has 1 amide bonds. The molecule has 0 unspecified atom stereocenters. The third kappa shape index (κ3) is 3.29. The number of rotatable bonds is 3. The van der Waals surface area contributed by atoms with Crippen molar-refractivity contribution in [3.05, 3.63) is 58.4 Å². The van der Waals surface area contributed by atoms with E-state index in [1.807, 2.05) is 0 Å². The van der Waals surface area contributed by atoms with Crippen LogP contribution >= 0.6 is 11.6 Å². The van der Waals surface area contributed by atoms with Crippen molar-refractivity contribution in [2.75, 3.05) is 5.32 Å². The van der Waals surface area contributed by atoms with Crippen molar-refractivity contribution in [2.24, 2.45) is 0 Å². The van der Waals surface area contributed by atoms with Crippen molar-refractivity contribution >= 4 is 29.2 Å². The van der Waals surface area contributed by atoms with Crippen LogP contribution in [0, 0.1) is 5.82 Å². The number of phenolic OH excluding ortho intramolecular Hbond substituents is 1. The number of anilines is 1. The summed E-state index contributed by atoms with van der Waals surface area (Å²) in [6, 6.07) is 6.84. The molecule has 2 aromatic carbocycles. The van der Waals surface area contributed by atoms with Crippen molar-refractivity contribution in [3.8, 4) is 5.75 Å². The maximum Gasteiger partial charge on any atom is 0.335 e. The molecule has 0 aliphatic heterocycles. The predicted molar refractivity (Wildman–Crippen MR) is 74.4 cm³/mol. The van der Waals surface area contributed by atoms with Gasteiger partial charge >= 0.3 is 5.97 Å². The Kier molecular flexibility index (Phi) is 4.09. The average molecular weight is 310 g/mol. The van der Waals surface area contributed by atoms with Crippen molar-refractivity contribution in [1.82, 2.24) is 0 Å². The Labute approximate surface area is 123 Å². The van der Waals surface area contributed by atoms with E-state index in [9.17, 15) is 19.1 Å². The summed E-state index contributed by atoms with van der Waals surface area (Å²) < 4.78 is 13.0. The van der Waals surface area contributed by atoms with E-state index < -0.39 is 17.7 Å². The Hall–Kier alpha value is -2.60. The molecular weight excluding hydrogens is 301 g/mol. The summed E-state index contributed by atoms with van der Waals surface area (Å²) in [6.45, 7) is 0. The minimum Gasteiger partial charge on any atom is -0.506 e. The number of carboxylic acids is 1. The van der Waals surface area contributed by atoms with Crippen molar-refractivity contribution in [2.45, 2.75) is 0 Å². The first-order valence-electron chi connectivity index (χ1n) is 5.71. The number of carbonyl (C=O) groups excluding carboxylic acids is 1. The predicted octanol–water partition coefficient (Wildman–Crippen LogP) is 3.14. The highest BCUT2D eigenvalue weighted by molar-refractivity contribution is 6.31. The Morgan fingerprint density at radius 2 is 1.76 bits per heavy atom. The number of phenols is 1. The van der Waals surface area contributed by atoms with Gasteiger partial charge in [0.05, 0.1) is 16.3 Å². The summed E-state index contributed by atoms with van der Waals surface area (Å²) in [5.41, 5.74) is -0.0953. The number of aromatic carboxylic acids is 1. The molecule has 108 valence electrons. The van der Waals surface area contributed by atoms with Crippen LogP contribution in [-0.2, 0) is 0 Å². The van der Waals surface area contributed by atoms with E-state index in [2.05, 4.69) is 5.32 Å². The number of hydrogen-bond donors (Lipinski definition) is 3. The van der Waals surface area contributed by atoms with Gasteiger partial charge < -0.3 is 15.5 Å². The normalized spacial score (nSPS) is 10.2. The summed E-state index contributed by atoms with van der Waals surface area (Å²) in [5.74, 6) is -2.81. The topological polar surface area (TPSA) is 86.6 Å². The van der Waals surface area contributed by atoms with Crippen molar-refractivity contribution in [3.63, 3.8) is 0 Å². The second-order valence-corrected chi connectivity index (χ2v) is 4.53. The maximum atomic E-state index is 13.0. The molecule has 0 atom stereocenters. The van der Waals surface area contributed by atoms with Gasteiger partial charge in [0, 0.05) is 5.56 Å². The molecule has 0 aliphatic carbocycles. The molecule has 0 saturated carbocycles. The van der Waals surface area contributed by atoms with E-state index in [-0.39, 0.29) is 27.6 Å². The minimum atomic E-state index is -1.20. The van der Waals surface area contributed by atoms with Crippen LogP contribution in [0.15, 0.2) is 36.4 Å². The lowest BCUT2D eigenvalue weighted by atomic mass is 10.1. The second-order valence-electron chi connectivity index (χ2n) is 4.12. The zero-order valence-electron chi connectivity index (χ0n) is 10.4. The van der Waals surface area contributed by atoms with Crippen LogP contribution in [0.2, 0.25) is 5.02 Å². The molecule has 0 saturated heterocycles. The van der Waals surface area contributed by atoms with Crippen LogP contribution in [0.25, 0.3) is 0 Å². The van der Waals surface area contributed by atoms with Gasteiger partial charge in [0.15, 0.2) is 0 Å². The molecule has 0 aromatic heterocycles. The van der Waals surface area contributed by atoms with Crippen LogP contribution in [0.1, 0.15) is 20.7 Å². The van der Waals surface area contributed by atoms with Gasteiger partial charge in [0.2, 0.25) is 0 Å². The van der Waals surface area contributed by atoms with E-state index >= 15 is 0 Å². The fourth-order valence-electron chi connectivity index (χ4n) is 1.60. The first-order chi connectivity index (χ1) is 9.88. The highest BCUT2D eigenvalue weighted by Gasteiger charge is 2.13. The van der Waals surface area contributed by atoms with Crippen LogP contribution in [-0.4, -0.2) is 22.1 Å². The number of hydrogen-bond acceptors (Lipinski definition) is 3. The zero-order valence-corrected chi connectivity index (χ0v) is 11.2. The number of nitrogens with one attached hydrogen (secondary N) is 1. The van der Waals surface area contributed by atoms with Gasteiger partial charge in [-0.1, -0.05) is 11.6 Å². The highest BCUT2D eigenvalue weighted by atomic mass is 35.5. The Balaban J connectivity index is 2.28. The Bertz CT molecular complexity index is 733. The lowest BCUT2D eigenvalue weighted by Crippen LogP contribution is -2.12. The third-order valence-electron chi connectivity index (χ3n) is 2.67. The molecule has 0 spiro atoms. The molecule has 7 heteroatoms. The van der Waals surface area contributed by atoms with Gasteiger partial charge in [-0.3, -0.25) is 4.79 Å². The third-order valence-corrected chi connectivity index (χ3v) is 2.96. The fourth-order valence-corrected chi connectivity index (χ4v) is 1.78. The first kappa shape index (κ1) is 14.8. The van der Waals surface area contributed by atoms with Crippen molar-refractivity contribution in [1.29, 1.82) is 0 Å².